The zero-order valence-corrected chi connectivity index (χ0v) is 20.1. The molecule has 168 valence electrons. The molecule has 0 unspecified atom stereocenters. The first-order valence-corrected chi connectivity index (χ1v) is 11.8. The number of carbonyl (C=O) groups is 2. The minimum absolute atomic E-state index is 0.304. The molecule has 4 rings (SSSR count). The van der Waals surface area contributed by atoms with Crippen LogP contribution in [0.25, 0.3) is 5.57 Å². The van der Waals surface area contributed by atoms with Gasteiger partial charge in [0.2, 0.25) is 0 Å². The van der Waals surface area contributed by atoms with Gasteiger partial charge in [-0.05, 0) is 67.3 Å². The summed E-state index contributed by atoms with van der Waals surface area (Å²) >= 11 is 1.33. The number of benzene rings is 3. The third kappa shape index (κ3) is 4.88. The summed E-state index contributed by atoms with van der Waals surface area (Å²) in [5.41, 5.74) is 3.85. The maximum atomic E-state index is 13.7. The van der Waals surface area contributed by atoms with Crippen molar-refractivity contribution in [2.75, 3.05) is 11.5 Å². The van der Waals surface area contributed by atoms with Gasteiger partial charge >= 0.3 is 0 Å². The van der Waals surface area contributed by atoms with E-state index in [0.29, 0.717) is 34.4 Å². The maximum Gasteiger partial charge on any atom is 0.272 e. The summed E-state index contributed by atoms with van der Waals surface area (Å²) in [5, 5.41) is 0. The summed E-state index contributed by atoms with van der Waals surface area (Å²) < 4.78 is 5.75. The average Bonchev–Trinajstić information content (AvgIpc) is 3.03. The quantitative estimate of drug-likeness (QED) is 0.384. The molecule has 33 heavy (non-hydrogen) atoms. The second-order valence-corrected chi connectivity index (χ2v) is 9.67. The fourth-order valence-corrected chi connectivity index (χ4v) is 4.74. The van der Waals surface area contributed by atoms with Gasteiger partial charge in [-0.1, -0.05) is 67.6 Å². The third-order valence-corrected chi connectivity index (χ3v) is 6.42. The molecule has 1 aliphatic rings. The number of hydrogen-bond donors (Lipinski definition) is 0. The molecule has 0 saturated heterocycles. The van der Waals surface area contributed by atoms with Crippen LogP contribution in [-0.2, 0) is 9.59 Å². The molecule has 3 aromatic rings. The lowest BCUT2D eigenvalue weighted by Gasteiger charge is -2.16. The van der Waals surface area contributed by atoms with Gasteiger partial charge in [-0.15, -0.1) is 0 Å². The van der Waals surface area contributed by atoms with E-state index >= 15 is 0 Å². The Hall–Kier alpha value is -3.31. The Morgan fingerprint density at radius 2 is 1.58 bits per heavy atom. The first-order chi connectivity index (χ1) is 15.8. The van der Waals surface area contributed by atoms with Crippen LogP contribution in [0, 0.1) is 19.8 Å². The van der Waals surface area contributed by atoms with E-state index in [1.807, 2.05) is 62.4 Å². The van der Waals surface area contributed by atoms with Gasteiger partial charge in [-0.3, -0.25) is 9.59 Å². The van der Waals surface area contributed by atoms with Crippen LogP contribution < -0.4 is 9.64 Å². The molecule has 4 nitrogen and oxygen atoms in total. The van der Waals surface area contributed by atoms with Crippen LogP contribution in [0.3, 0.4) is 0 Å². The summed E-state index contributed by atoms with van der Waals surface area (Å²) in [5.74, 6) is 0.516. The maximum absolute atomic E-state index is 13.7. The Morgan fingerprint density at radius 1 is 0.879 bits per heavy atom. The second kappa shape index (κ2) is 9.67. The highest BCUT2D eigenvalue weighted by molar-refractivity contribution is 8.04. The number of hydrogen-bond acceptors (Lipinski definition) is 4. The van der Waals surface area contributed by atoms with Crippen molar-refractivity contribution in [3.05, 3.63) is 94.4 Å². The molecular formula is C28H27NO3S. The molecule has 0 N–H and O–H groups in total. The van der Waals surface area contributed by atoms with E-state index in [2.05, 4.69) is 13.8 Å². The smallest absolute Gasteiger partial charge is 0.272 e. The molecule has 0 saturated carbocycles. The summed E-state index contributed by atoms with van der Waals surface area (Å²) in [7, 11) is 0. The molecule has 5 heteroatoms. The van der Waals surface area contributed by atoms with Crippen molar-refractivity contribution >= 4 is 34.8 Å². The standard InChI is InChI=1S/C28H27NO3S/c1-18(2)17-32-22-13-11-21(12-14-22)29-27(30)25(24-15-10-19(3)16-20(24)4)26(28(29)31)33-23-8-6-5-7-9-23/h5-16,18H,17H2,1-4H3. The normalized spacial score (nSPS) is 13.9. The summed E-state index contributed by atoms with van der Waals surface area (Å²) in [4.78, 5) is 29.9. The van der Waals surface area contributed by atoms with Gasteiger partial charge in [0.1, 0.15) is 5.75 Å². The molecule has 1 heterocycles. The van der Waals surface area contributed by atoms with Crippen LogP contribution in [0.2, 0.25) is 0 Å². The number of nitrogens with zero attached hydrogens (tertiary/aromatic N) is 1. The van der Waals surface area contributed by atoms with Crippen LogP contribution in [0.1, 0.15) is 30.5 Å². The molecule has 0 radical (unpaired) electrons. The molecule has 3 aromatic carbocycles. The number of anilines is 1. The summed E-state index contributed by atoms with van der Waals surface area (Å²) in [6, 6.07) is 22.7. The van der Waals surface area contributed by atoms with Crippen LogP contribution in [0.5, 0.6) is 5.75 Å². The molecule has 0 atom stereocenters. The summed E-state index contributed by atoms with van der Waals surface area (Å²) in [6.07, 6.45) is 0. The topological polar surface area (TPSA) is 46.6 Å². The monoisotopic (exact) mass is 457 g/mol. The zero-order valence-electron chi connectivity index (χ0n) is 19.3. The number of rotatable bonds is 7. The predicted octanol–water partition coefficient (Wildman–Crippen LogP) is 6.42. The molecule has 0 fully saturated rings. The SMILES string of the molecule is Cc1ccc(C2=C(Sc3ccccc3)C(=O)N(c3ccc(OCC(C)C)cc3)C2=O)c(C)c1. The van der Waals surface area contributed by atoms with E-state index in [0.717, 1.165) is 21.6 Å². The zero-order chi connectivity index (χ0) is 23.5. The largest absolute Gasteiger partial charge is 0.493 e. The second-order valence-electron chi connectivity index (χ2n) is 8.58. The lowest BCUT2D eigenvalue weighted by molar-refractivity contribution is -0.119. The van der Waals surface area contributed by atoms with E-state index in [1.54, 1.807) is 24.3 Å². The number of imide groups is 1. The van der Waals surface area contributed by atoms with Gasteiger partial charge in [0.25, 0.3) is 11.8 Å². The van der Waals surface area contributed by atoms with Crippen LogP contribution in [-0.4, -0.2) is 18.4 Å². The van der Waals surface area contributed by atoms with Crippen molar-refractivity contribution < 1.29 is 14.3 Å². The van der Waals surface area contributed by atoms with Gasteiger partial charge in [0.15, 0.2) is 0 Å². The van der Waals surface area contributed by atoms with Crippen molar-refractivity contribution in [2.45, 2.75) is 32.6 Å². The van der Waals surface area contributed by atoms with Crippen molar-refractivity contribution in [3.63, 3.8) is 0 Å². The van der Waals surface area contributed by atoms with Crippen LogP contribution in [0.4, 0.5) is 5.69 Å². The summed E-state index contributed by atoms with van der Waals surface area (Å²) in [6.45, 7) is 8.77. The number of thioether (sulfide) groups is 1. The van der Waals surface area contributed by atoms with Gasteiger partial charge in [-0.2, -0.15) is 0 Å². The average molecular weight is 458 g/mol. The Kier molecular flexibility index (Phi) is 6.70. The molecule has 0 aliphatic carbocycles. The molecule has 0 spiro atoms. The Balaban J connectivity index is 1.73. The lowest BCUT2D eigenvalue weighted by Crippen LogP contribution is -2.31. The van der Waals surface area contributed by atoms with Crippen molar-refractivity contribution in [1.82, 2.24) is 0 Å². The molecule has 2 amide bonds. The first-order valence-electron chi connectivity index (χ1n) is 11.0. The van der Waals surface area contributed by atoms with E-state index in [9.17, 15) is 9.59 Å². The highest BCUT2D eigenvalue weighted by Crippen LogP contribution is 2.42. The van der Waals surface area contributed by atoms with E-state index in [1.165, 1.54) is 16.7 Å². The Bertz CT molecular complexity index is 1210. The van der Waals surface area contributed by atoms with Gasteiger partial charge in [0, 0.05) is 4.90 Å². The van der Waals surface area contributed by atoms with Crippen LogP contribution >= 0.6 is 11.8 Å². The number of amides is 2. The highest BCUT2D eigenvalue weighted by atomic mass is 32.2. The van der Waals surface area contributed by atoms with Gasteiger partial charge in [0.05, 0.1) is 22.8 Å². The van der Waals surface area contributed by atoms with Crippen molar-refractivity contribution in [3.8, 4) is 5.75 Å². The van der Waals surface area contributed by atoms with Crippen molar-refractivity contribution in [1.29, 1.82) is 0 Å². The minimum Gasteiger partial charge on any atom is -0.493 e. The third-order valence-electron chi connectivity index (χ3n) is 5.33. The fourth-order valence-electron chi connectivity index (χ4n) is 3.73. The number of carbonyl (C=O) groups excluding carboxylic acids is 2. The van der Waals surface area contributed by atoms with Crippen molar-refractivity contribution in [2.24, 2.45) is 5.92 Å². The number of ether oxygens (including phenoxy) is 1. The van der Waals surface area contributed by atoms with E-state index < -0.39 is 0 Å². The number of aryl methyl sites for hydroxylation is 2. The fraction of sp³-hybridized carbons (Fsp3) is 0.214. The molecule has 1 aliphatic heterocycles. The van der Waals surface area contributed by atoms with E-state index in [4.69, 9.17) is 4.74 Å². The van der Waals surface area contributed by atoms with Crippen LogP contribution in [0.15, 0.2) is 82.6 Å². The minimum atomic E-state index is -0.306. The van der Waals surface area contributed by atoms with Gasteiger partial charge < -0.3 is 4.74 Å². The van der Waals surface area contributed by atoms with E-state index in [-0.39, 0.29) is 11.8 Å². The van der Waals surface area contributed by atoms with Gasteiger partial charge in [-0.25, -0.2) is 4.90 Å². The molecule has 0 bridgehead atoms. The highest BCUT2D eigenvalue weighted by Gasteiger charge is 2.40. The molecule has 0 aromatic heterocycles. The predicted molar refractivity (Wildman–Crippen MR) is 134 cm³/mol. The lowest BCUT2D eigenvalue weighted by atomic mass is 9.99. The Morgan fingerprint density at radius 3 is 2.21 bits per heavy atom. The molecular weight excluding hydrogens is 430 g/mol. The first kappa shape index (κ1) is 22.9. The Labute approximate surface area is 199 Å².